The quantitative estimate of drug-likeness (QED) is 0.233. The largest absolute Gasteiger partial charge is 0.384 e. The normalized spacial score (nSPS) is 12.9. The number of nitrogens with one attached hydrogen (secondary N) is 2. The Kier molecular flexibility index (Phi) is 6.68. The number of Topliss-reactive ketones (excluding diaryl/α,β-unsaturated/α-hetero) is 1. The molecule has 9 nitrogen and oxygen atoms in total. The first-order valence-corrected chi connectivity index (χ1v) is 12.0. The van der Waals surface area contributed by atoms with Crippen molar-refractivity contribution >= 4 is 56.6 Å². The molecule has 2 aromatic heterocycles. The summed E-state index contributed by atoms with van der Waals surface area (Å²) in [4.78, 5) is 51.5. The Balaban J connectivity index is 1.38. The Morgan fingerprint density at radius 3 is 1.71 bits per heavy atom. The van der Waals surface area contributed by atoms with Crippen molar-refractivity contribution in [3.63, 3.8) is 0 Å². The van der Waals surface area contributed by atoms with E-state index < -0.39 is 34.8 Å². The molecule has 0 saturated carbocycles. The highest BCUT2D eigenvalue weighted by atomic mass is 35.5. The highest BCUT2D eigenvalue weighted by Gasteiger charge is 2.25. The van der Waals surface area contributed by atoms with Gasteiger partial charge in [0.25, 0.3) is 11.1 Å². The number of fused-ring (bicyclic) bond motifs is 2. The van der Waals surface area contributed by atoms with Gasteiger partial charge in [0, 0.05) is 15.6 Å². The van der Waals surface area contributed by atoms with Crippen LogP contribution < -0.4 is 11.1 Å². The summed E-state index contributed by atoms with van der Waals surface area (Å²) >= 11 is 11.9. The van der Waals surface area contributed by atoms with Gasteiger partial charge in [-0.05, 0) is 47.5 Å². The Hall–Kier alpha value is -4.15. The second kappa shape index (κ2) is 9.96. The lowest BCUT2D eigenvalue weighted by molar-refractivity contribution is 0.0740. The second-order valence-electron chi connectivity index (χ2n) is 8.51. The van der Waals surface area contributed by atoms with Gasteiger partial charge in [0.05, 0.1) is 22.1 Å². The maximum Gasteiger partial charge on any atom is 0.278 e. The minimum absolute atomic E-state index is 0.0468. The molecular formula is C27H18Cl2N4O5. The minimum Gasteiger partial charge on any atom is -0.384 e. The van der Waals surface area contributed by atoms with Crippen LogP contribution in [-0.2, 0) is 0 Å². The summed E-state index contributed by atoms with van der Waals surface area (Å²) in [7, 11) is 0. The molecule has 0 aliphatic rings. The monoisotopic (exact) mass is 548 g/mol. The average Bonchev–Trinajstić information content (AvgIpc) is 2.90. The van der Waals surface area contributed by atoms with Gasteiger partial charge in [-0.25, -0.2) is 9.97 Å². The zero-order valence-electron chi connectivity index (χ0n) is 19.4. The van der Waals surface area contributed by atoms with Crippen LogP contribution in [0.1, 0.15) is 39.5 Å². The van der Waals surface area contributed by atoms with Gasteiger partial charge in [0.2, 0.25) is 5.78 Å². The highest BCUT2D eigenvalue weighted by molar-refractivity contribution is 6.31. The van der Waals surface area contributed by atoms with Crippen molar-refractivity contribution in [2.75, 3.05) is 0 Å². The lowest BCUT2D eigenvalue weighted by Gasteiger charge is -2.15. The molecule has 0 unspecified atom stereocenters. The number of halogens is 2. The Bertz CT molecular complexity index is 1730. The van der Waals surface area contributed by atoms with Crippen LogP contribution >= 0.6 is 23.2 Å². The van der Waals surface area contributed by atoms with Crippen molar-refractivity contribution in [1.82, 2.24) is 19.9 Å². The van der Waals surface area contributed by atoms with Gasteiger partial charge < -0.3 is 20.2 Å². The third-order valence-electron chi connectivity index (χ3n) is 5.99. The third kappa shape index (κ3) is 4.75. The Morgan fingerprint density at radius 1 is 0.737 bits per heavy atom. The number of aromatic amines is 2. The minimum atomic E-state index is -1.68. The van der Waals surface area contributed by atoms with E-state index in [1.807, 2.05) is 0 Å². The number of aliphatic hydroxyl groups is 2. The van der Waals surface area contributed by atoms with Crippen molar-refractivity contribution in [3.05, 3.63) is 121 Å². The van der Waals surface area contributed by atoms with Crippen molar-refractivity contribution in [2.45, 2.75) is 12.2 Å². The number of ketones is 1. The van der Waals surface area contributed by atoms with Crippen LogP contribution in [0.4, 0.5) is 0 Å². The van der Waals surface area contributed by atoms with Crippen LogP contribution in [0.2, 0.25) is 10.0 Å². The topological polar surface area (TPSA) is 149 Å². The summed E-state index contributed by atoms with van der Waals surface area (Å²) in [6.07, 6.45) is -2.98. The van der Waals surface area contributed by atoms with E-state index in [0.29, 0.717) is 37.7 Å². The molecule has 0 spiro atoms. The van der Waals surface area contributed by atoms with E-state index in [0.717, 1.165) is 0 Å². The van der Waals surface area contributed by atoms with Crippen molar-refractivity contribution in [3.8, 4) is 0 Å². The average molecular weight is 549 g/mol. The molecular weight excluding hydrogens is 531 g/mol. The van der Waals surface area contributed by atoms with E-state index in [9.17, 15) is 24.6 Å². The molecule has 4 N–H and O–H groups in total. The number of hydrogen-bond acceptors (Lipinski definition) is 7. The van der Waals surface area contributed by atoms with E-state index in [1.54, 1.807) is 30.3 Å². The van der Waals surface area contributed by atoms with Crippen molar-refractivity contribution < 1.29 is 15.0 Å². The molecule has 0 amide bonds. The number of hydrogen-bond donors (Lipinski definition) is 4. The molecule has 11 heteroatoms. The first-order chi connectivity index (χ1) is 18.1. The molecule has 3 aromatic carbocycles. The predicted octanol–water partition coefficient (Wildman–Crippen LogP) is 4.13. The molecule has 38 heavy (non-hydrogen) atoms. The van der Waals surface area contributed by atoms with E-state index in [2.05, 4.69) is 26.5 Å². The summed E-state index contributed by atoms with van der Waals surface area (Å²) in [6.45, 7) is 3.84. The lowest BCUT2D eigenvalue weighted by Crippen LogP contribution is -2.24. The summed E-state index contributed by atoms with van der Waals surface area (Å²) < 4.78 is 0. The zero-order valence-corrected chi connectivity index (χ0v) is 20.9. The van der Waals surface area contributed by atoms with Gasteiger partial charge in [-0.3, -0.25) is 14.4 Å². The number of aliphatic hydroxyl groups excluding tert-OH is 2. The van der Waals surface area contributed by atoms with Gasteiger partial charge in [-0.2, -0.15) is 0 Å². The molecule has 0 radical (unpaired) electrons. The maximum atomic E-state index is 12.9. The fourth-order valence-electron chi connectivity index (χ4n) is 3.97. The van der Waals surface area contributed by atoms with Crippen LogP contribution in [0, 0.1) is 0 Å². The van der Waals surface area contributed by atoms with Crippen molar-refractivity contribution in [1.29, 1.82) is 0 Å². The number of H-pyrrole nitrogens is 2. The summed E-state index contributed by atoms with van der Waals surface area (Å²) in [5.41, 5.74) is 0.371. The molecule has 2 heterocycles. The van der Waals surface area contributed by atoms with Crippen LogP contribution in [0.25, 0.3) is 27.6 Å². The molecule has 0 bridgehead atoms. The van der Waals surface area contributed by atoms with E-state index in [1.165, 1.54) is 30.3 Å². The number of aromatic nitrogens is 4. The fourth-order valence-corrected chi connectivity index (χ4v) is 4.32. The van der Waals surface area contributed by atoms with Gasteiger partial charge in [-0.1, -0.05) is 54.0 Å². The SMILES string of the molecule is C=C(c1nc2ccc(Cl)cc2[nH]c1=O)[C@@H](O)c1ccc([C@@H](O)C(=O)c2nc3ccc(Cl)cc3[nH]c2=O)cc1. The highest BCUT2D eigenvalue weighted by Crippen LogP contribution is 2.28. The molecule has 5 aromatic rings. The number of nitrogens with zero attached hydrogens (tertiary/aromatic N) is 2. The second-order valence-corrected chi connectivity index (χ2v) is 9.39. The molecule has 0 aliphatic carbocycles. The Labute approximate surface area is 224 Å². The van der Waals surface area contributed by atoms with Gasteiger partial charge in [0.1, 0.15) is 17.9 Å². The summed E-state index contributed by atoms with van der Waals surface area (Å²) in [5, 5.41) is 22.3. The standard InChI is InChI=1S/C27H18Cl2N4O5/c1-12(21-26(37)32-19-10-15(28)6-8-17(19)30-21)23(34)13-2-4-14(5-3-13)24(35)25(36)22-27(38)33-20-11-16(29)7-9-18(20)31-22/h2-11,23-24,34-35H,1H2,(H,32,37)(H,33,38)/t23-,24-/m1/s1. The third-order valence-corrected chi connectivity index (χ3v) is 6.46. The molecule has 0 saturated heterocycles. The number of benzene rings is 3. The molecule has 0 fully saturated rings. The van der Waals surface area contributed by atoms with Gasteiger partial charge in [-0.15, -0.1) is 0 Å². The fraction of sp³-hybridized carbons (Fsp3) is 0.0741. The molecule has 0 aliphatic heterocycles. The maximum absolute atomic E-state index is 12.9. The van der Waals surface area contributed by atoms with Gasteiger partial charge >= 0.3 is 0 Å². The van der Waals surface area contributed by atoms with E-state index in [4.69, 9.17) is 23.2 Å². The van der Waals surface area contributed by atoms with E-state index in [-0.39, 0.29) is 16.8 Å². The van der Waals surface area contributed by atoms with Crippen LogP contribution in [0.15, 0.2) is 76.8 Å². The van der Waals surface area contributed by atoms with E-state index >= 15 is 0 Å². The smallest absolute Gasteiger partial charge is 0.278 e. The summed E-state index contributed by atoms with van der Waals surface area (Å²) in [6, 6.07) is 15.2. The van der Waals surface area contributed by atoms with Crippen LogP contribution in [0.5, 0.6) is 0 Å². The number of carbonyl (C=O) groups excluding carboxylic acids is 1. The first-order valence-electron chi connectivity index (χ1n) is 11.2. The lowest BCUT2D eigenvalue weighted by atomic mass is 9.96. The van der Waals surface area contributed by atoms with Gasteiger partial charge in [0.15, 0.2) is 5.69 Å². The van der Waals surface area contributed by atoms with Crippen LogP contribution in [0.3, 0.4) is 0 Å². The Morgan fingerprint density at radius 2 is 1.18 bits per heavy atom. The molecule has 5 rings (SSSR count). The van der Waals surface area contributed by atoms with Crippen LogP contribution in [-0.4, -0.2) is 35.9 Å². The predicted molar refractivity (Wildman–Crippen MR) is 144 cm³/mol. The molecule has 190 valence electrons. The first kappa shape index (κ1) is 25.5. The van der Waals surface area contributed by atoms with Crippen molar-refractivity contribution in [2.24, 2.45) is 0 Å². The summed E-state index contributed by atoms with van der Waals surface area (Å²) in [5.74, 6) is -0.896. The number of rotatable bonds is 6. The zero-order chi connectivity index (χ0) is 27.1. The number of carbonyl (C=O) groups is 1. The molecule has 2 atom stereocenters.